The molecule has 0 aromatic heterocycles. The molecule has 0 bridgehead atoms. The summed E-state index contributed by atoms with van der Waals surface area (Å²) in [5.74, 6) is 0.751. The highest BCUT2D eigenvalue weighted by Gasteiger charge is 2.39. The molecule has 0 aliphatic carbocycles. The standard InChI is InChI=1S/C16H28O3Si/c1-12(19-20(6,7)16(2,3)4)15(17)13-9-8-10-14(11-13)18-5/h8-12,15,17H,1-7H3. The summed E-state index contributed by atoms with van der Waals surface area (Å²) < 4.78 is 11.4. The van der Waals surface area contributed by atoms with Gasteiger partial charge in [0, 0.05) is 0 Å². The lowest BCUT2D eigenvalue weighted by Gasteiger charge is -2.39. The predicted molar refractivity (Wildman–Crippen MR) is 85.7 cm³/mol. The van der Waals surface area contributed by atoms with E-state index in [0.717, 1.165) is 11.3 Å². The Labute approximate surface area is 124 Å². The molecule has 0 heterocycles. The van der Waals surface area contributed by atoms with Gasteiger partial charge in [0.15, 0.2) is 8.32 Å². The fourth-order valence-corrected chi connectivity index (χ4v) is 3.21. The Hall–Kier alpha value is -0.843. The maximum Gasteiger partial charge on any atom is 0.192 e. The first-order chi connectivity index (χ1) is 9.08. The van der Waals surface area contributed by atoms with E-state index in [1.807, 2.05) is 31.2 Å². The lowest BCUT2D eigenvalue weighted by molar-refractivity contribution is 0.0378. The molecule has 2 unspecified atom stereocenters. The third-order valence-electron chi connectivity index (χ3n) is 4.17. The minimum absolute atomic E-state index is 0.134. The Morgan fingerprint density at radius 1 is 1.20 bits per heavy atom. The molecule has 1 rings (SSSR count). The first-order valence-electron chi connectivity index (χ1n) is 7.08. The Balaban J connectivity index is 2.84. The van der Waals surface area contributed by atoms with Crippen LogP contribution in [0.5, 0.6) is 5.75 Å². The summed E-state index contributed by atoms with van der Waals surface area (Å²) in [6.07, 6.45) is -0.873. The SMILES string of the molecule is COc1cccc(C(O)C(C)O[Si](C)(C)C(C)(C)C)c1. The van der Waals surface area contributed by atoms with E-state index in [1.54, 1.807) is 7.11 Å². The van der Waals surface area contributed by atoms with Gasteiger partial charge >= 0.3 is 0 Å². The summed E-state index contributed by atoms with van der Waals surface area (Å²) in [5, 5.41) is 10.6. The molecule has 0 aliphatic heterocycles. The van der Waals surface area contributed by atoms with Gasteiger partial charge in [-0.3, -0.25) is 0 Å². The number of rotatable bonds is 5. The number of benzene rings is 1. The maximum absolute atomic E-state index is 10.5. The summed E-state index contributed by atoms with van der Waals surface area (Å²) in [6, 6.07) is 7.51. The molecule has 4 heteroatoms. The first kappa shape index (κ1) is 17.2. The minimum Gasteiger partial charge on any atom is -0.497 e. The Morgan fingerprint density at radius 2 is 1.80 bits per heavy atom. The summed E-state index contributed by atoms with van der Waals surface area (Å²) in [4.78, 5) is 0. The van der Waals surface area contributed by atoms with Crippen LogP contribution in [0.25, 0.3) is 0 Å². The van der Waals surface area contributed by atoms with Gasteiger partial charge < -0.3 is 14.3 Å². The van der Waals surface area contributed by atoms with E-state index in [0.29, 0.717) is 0 Å². The molecule has 0 radical (unpaired) electrons. The second-order valence-corrected chi connectivity index (χ2v) is 11.6. The number of methoxy groups -OCH3 is 1. The molecule has 1 aromatic rings. The van der Waals surface area contributed by atoms with Gasteiger partial charge in [0.05, 0.1) is 13.2 Å². The monoisotopic (exact) mass is 296 g/mol. The van der Waals surface area contributed by atoms with Gasteiger partial charge in [-0.2, -0.15) is 0 Å². The molecule has 0 saturated carbocycles. The third-order valence-corrected chi connectivity index (χ3v) is 8.74. The van der Waals surface area contributed by atoms with Gasteiger partial charge in [0.1, 0.15) is 11.9 Å². The smallest absolute Gasteiger partial charge is 0.192 e. The van der Waals surface area contributed by atoms with Crippen LogP contribution in [-0.2, 0) is 4.43 Å². The van der Waals surface area contributed by atoms with Crippen LogP contribution in [0.2, 0.25) is 18.1 Å². The van der Waals surface area contributed by atoms with E-state index in [1.165, 1.54) is 0 Å². The van der Waals surface area contributed by atoms with Crippen molar-refractivity contribution in [2.45, 2.75) is 58.0 Å². The van der Waals surface area contributed by atoms with Gasteiger partial charge in [-0.25, -0.2) is 0 Å². The van der Waals surface area contributed by atoms with Crippen molar-refractivity contribution < 1.29 is 14.3 Å². The van der Waals surface area contributed by atoms with Crippen molar-refractivity contribution in [3.63, 3.8) is 0 Å². The van der Waals surface area contributed by atoms with Gasteiger partial charge in [0.25, 0.3) is 0 Å². The molecule has 1 N–H and O–H groups in total. The van der Waals surface area contributed by atoms with Crippen molar-refractivity contribution >= 4 is 8.32 Å². The van der Waals surface area contributed by atoms with E-state index in [9.17, 15) is 5.11 Å². The number of aliphatic hydroxyl groups is 1. The fraction of sp³-hybridized carbons (Fsp3) is 0.625. The van der Waals surface area contributed by atoms with E-state index >= 15 is 0 Å². The van der Waals surface area contributed by atoms with Crippen LogP contribution in [0.1, 0.15) is 39.4 Å². The first-order valence-corrected chi connectivity index (χ1v) is 9.99. The minimum atomic E-state index is -1.88. The molecular formula is C16H28O3Si. The molecule has 114 valence electrons. The molecule has 20 heavy (non-hydrogen) atoms. The zero-order valence-electron chi connectivity index (χ0n) is 13.7. The number of hydrogen-bond donors (Lipinski definition) is 1. The highest BCUT2D eigenvalue weighted by atomic mass is 28.4. The van der Waals surface area contributed by atoms with Crippen molar-refractivity contribution in [3.05, 3.63) is 29.8 Å². The fourth-order valence-electron chi connectivity index (χ4n) is 1.80. The quantitative estimate of drug-likeness (QED) is 0.830. The van der Waals surface area contributed by atoms with Gasteiger partial charge in [-0.05, 0) is 42.8 Å². The zero-order valence-corrected chi connectivity index (χ0v) is 14.7. The van der Waals surface area contributed by atoms with E-state index in [-0.39, 0.29) is 11.1 Å². The van der Waals surface area contributed by atoms with Crippen LogP contribution in [0.4, 0.5) is 0 Å². The second kappa shape index (κ2) is 6.29. The highest BCUT2D eigenvalue weighted by Crippen LogP contribution is 2.38. The highest BCUT2D eigenvalue weighted by molar-refractivity contribution is 6.74. The number of ether oxygens (including phenoxy) is 1. The normalized spacial score (nSPS) is 15.8. The average molecular weight is 296 g/mol. The topological polar surface area (TPSA) is 38.7 Å². The molecule has 0 fully saturated rings. The Bertz CT molecular complexity index is 438. The van der Waals surface area contributed by atoms with E-state index in [4.69, 9.17) is 9.16 Å². The molecule has 0 spiro atoms. The maximum atomic E-state index is 10.5. The van der Waals surface area contributed by atoms with Crippen LogP contribution in [0.3, 0.4) is 0 Å². The average Bonchev–Trinajstić information content (AvgIpc) is 2.36. The molecular weight excluding hydrogens is 268 g/mol. The van der Waals surface area contributed by atoms with Crippen LogP contribution < -0.4 is 4.74 Å². The van der Waals surface area contributed by atoms with Crippen molar-refractivity contribution in [2.24, 2.45) is 0 Å². The van der Waals surface area contributed by atoms with Crippen molar-refractivity contribution in [2.75, 3.05) is 7.11 Å². The Kier molecular flexibility index (Phi) is 5.41. The largest absolute Gasteiger partial charge is 0.497 e. The van der Waals surface area contributed by atoms with Crippen LogP contribution >= 0.6 is 0 Å². The Morgan fingerprint density at radius 3 is 2.30 bits per heavy atom. The zero-order chi connectivity index (χ0) is 15.6. The van der Waals surface area contributed by atoms with Gasteiger partial charge in [-0.1, -0.05) is 32.9 Å². The summed E-state index contributed by atoms with van der Waals surface area (Å²) in [7, 11) is -0.251. The summed E-state index contributed by atoms with van der Waals surface area (Å²) in [5.41, 5.74) is 0.829. The van der Waals surface area contributed by atoms with Gasteiger partial charge in [-0.15, -0.1) is 0 Å². The van der Waals surface area contributed by atoms with Crippen LogP contribution in [0, 0.1) is 0 Å². The summed E-state index contributed by atoms with van der Waals surface area (Å²) >= 11 is 0. The van der Waals surface area contributed by atoms with E-state index < -0.39 is 14.4 Å². The lowest BCUT2D eigenvalue weighted by atomic mass is 10.1. The van der Waals surface area contributed by atoms with Crippen molar-refractivity contribution in [1.82, 2.24) is 0 Å². The molecule has 0 saturated heterocycles. The number of aliphatic hydroxyl groups excluding tert-OH is 1. The summed E-state index contributed by atoms with van der Waals surface area (Å²) in [6.45, 7) is 12.9. The molecule has 2 atom stereocenters. The number of hydrogen-bond acceptors (Lipinski definition) is 3. The van der Waals surface area contributed by atoms with Crippen molar-refractivity contribution in [1.29, 1.82) is 0 Å². The second-order valence-electron chi connectivity index (χ2n) is 6.80. The van der Waals surface area contributed by atoms with E-state index in [2.05, 4.69) is 33.9 Å². The van der Waals surface area contributed by atoms with Crippen LogP contribution in [0.15, 0.2) is 24.3 Å². The lowest BCUT2D eigenvalue weighted by Crippen LogP contribution is -2.44. The predicted octanol–water partition coefficient (Wildman–Crippen LogP) is 4.14. The molecule has 0 aliphatic rings. The van der Waals surface area contributed by atoms with Crippen molar-refractivity contribution in [3.8, 4) is 5.75 Å². The molecule has 3 nitrogen and oxygen atoms in total. The third kappa shape index (κ3) is 4.07. The molecule has 0 amide bonds. The van der Waals surface area contributed by atoms with Gasteiger partial charge in [0.2, 0.25) is 0 Å². The van der Waals surface area contributed by atoms with Crippen LogP contribution in [-0.4, -0.2) is 26.6 Å². The molecule has 1 aromatic carbocycles.